The lowest BCUT2D eigenvalue weighted by Crippen LogP contribution is -2.15. The maximum atomic E-state index is 14.0. The highest BCUT2D eigenvalue weighted by Gasteiger charge is 2.43. The molecule has 0 radical (unpaired) electrons. The number of fused-ring (bicyclic) bond motifs is 1. The van der Waals surface area contributed by atoms with Crippen LogP contribution >= 0.6 is 11.8 Å². The van der Waals surface area contributed by atoms with Crippen LogP contribution in [0, 0.1) is 11.7 Å². The number of amides is 1. The van der Waals surface area contributed by atoms with E-state index in [0.29, 0.717) is 16.4 Å². The molecule has 0 spiro atoms. The van der Waals surface area contributed by atoms with Gasteiger partial charge in [-0.2, -0.15) is 0 Å². The molecule has 2 unspecified atom stereocenters. The van der Waals surface area contributed by atoms with Crippen LogP contribution in [-0.2, 0) is 4.79 Å². The quantitative estimate of drug-likeness (QED) is 0.712. The second-order valence-corrected chi connectivity index (χ2v) is 6.79. The highest BCUT2D eigenvalue weighted by Crippen LogP contribution is 2.35. The van der Waals surface area contributed by atoms with Gasteiger partial charge in [-0.25, -0.2) is 13.8 Å². The molecule has 7 heteroatoms. The molecule has 1 aliphatic carbocycles. The van der Waals surface area contributed by atoms with Crippen molar-refractivity contribution >= 4 is 29.1 Å². The first-order valence-corrected chi connectivity index (χ1v) is 9.06. The van der Waals surface area contributed by atoms with Gasteiger partial charge in [0, 0.05) is 6.20 Å². The van der Waals surface area contributed by atoms with Crippen LogP contribution in [0.5, 0.6) is 0 Å². The predicted octanol–water partition coefficient (Wildman–Crippen LogP) is 4.16. The minimum absolute atomic E-state index is 0.256. The van der Waals surface area contributed by atoms with Crippen molar-refractivity contribution in [3.63, 3.8) is 0 Å². The molecule has 0 bridgehead atoms. The van der Waals surface area contributed by atoms with E-state index in [1.54, 1.807) is 22.7 Å². The van der Waals surface area contributed by atoms with Gasteiger partial charge in [-0.05, 0) is 42.0 Å². The predicted molar refractivity (Wildman–Crippen MR) is 94.0 cm³/mol. The Bertz CT molecular complexity index is 972. The molecule has 1 N–H and O–H groups in total. The molecule has 2 aromatic heterocycles. The van der Waals surface area contributed by atoms with Gasteiger partial charge < -0.3 is 9.72 Å². The number of hydrogen-bond acceptors (Lipinski definition) is 3. The van der Waals surface area contributed by atoms with Crippen LogP contribution in [0.2, 0.25) is 0 Å². The Hall–Kier alpha value is -2.41. The summed E-state index contributed by atoms with van der Waals surface area (Å²) in [5, 5.41) is 2.64. The number of nitrogens with one attached hydrogen (secondary N) is 1. The Morgan fingerprint density at radius 3 is 2.84 bits per heavy atom. The van der Waals surface area contributed by atoms with E-state index in [4.69, 9.17) is 0 Å². The monoisotopic (exact) mass is 359 g/mol. The van der Waals surface area contributed by atoms with Crippen molar-refractivity contribution in [2.24, 2.45) is 5.92 Å². The third kappa shape index (κ3) is 3.00. The number of carbonyl (C=O) groups excluding carboxylic acids is 1. The van der Waals surface area contributed by atoms with E-state index in [2.05, 4.69) is 10.3 Å². The van der Waals surface area contributed by atoms with E-state index in [1.165, 1.54) is 17.8 Å². The Kier molecular flexibility index (Phi) is 3.95. The highest BCUT2D eigenvalue weighted by molar-refractivity contribution is 7.98. The van der Waals surface area contributed by atoms with E-state index in [0.717, 1.165) is 11.1 Å². The molecule has 1 aliphatic rings. The summed E-state index contributed by atoms with van der Waals surface area (Å²) in [5.41, 5.74) is 2.29. The smallest absolute Gasteiger partial charge is 0.231 e. The molecule has 2 atom stereocenters. The van der Waals surface area contributed by atoms with Gasteiger partial charge >= 0.3 is 0 Å². The fourth-order valence-corrected chi connectivity index (χ4v) is 3.48. The highest BCUT2D eigenvalue weighted by atomic mass is 32.2. The van der Waals surface area contributed by atoms with Gasteiger partial charge in [0.15, 0.2) is 5.82 Å². The summed E-state index contributed by atoms with van der Waals surface area (Å²) in [6.45, 7) is 0. The number of nitrogens with zero attached hydrogens (tertiary/aromatic N) is 2. The van der Waals surface area contributed by atoms with E-state index in [1.807, 2.05) is 24.6 Å². The van der Waals surface area contributed by atoms with E-state index in [-0.39, 0.29) is 18.1 Å². The fraction of sp³-hybridized carbons (Fsp3) is 0.222. The molecule has 1 saturated carbocycles. The molecule has 3 aromatic rings. The summed E-state index contributed by atoms with van der Waals surface area (Å²) in [6.07, 6.45) is 4.58. The lowest BCUT2D eigenvalue weighted by atomic mass is 10.1. The van der Waals surface area contributed by atoms with Crippen LogP contribution in [0.15, 0.2) is 47.6 Å². The summed E-state index contributed by atoms with van der Waals surface area (Å²) in [7, 11) is 0. The number of thioether (sulfide) groups is 1. The van der Waals surface area contributed by atoms with Crippen molar-refractivity contribution < 1.29 is 13.6 Å². The maximum absolute atomic E-state index is 14.0. The minimum atomic E-state index is -1.04. The van der Waals surface area contributed by atoms with Gasteiger partial charge in [0.05, 0.1) is 17.0 Å². The molecule has 1 amide bonds. The largest absolute Gasteiger partial charge is 0.309 e. The van der Waals surface area contributed by atoms with Gasteiger partial charge in [-0.15, -0.1) is 11.8 Å². The van der Waals surface area contributed by atoms with E-state index >= 15 is 0 Å². The Morgan fingerprint density at radius 1 is 1.32 bits per heavy atom. The van der Waals surface area contributed by atoms with Gasteiger partial charge in [-0.1, -0.05) is 12.1 Å². The molecule has 0 saturated heterocycles. The summed E-state index contributed by atoms with van der Waals surface area (Å²) < 4.78 is 28.7. The zero-order valence-corrected chi connectivity index (χ0v) is 14.2. The summed E-state index contributed by atoms with van der Waals surface area (Å²) >= 11 is 1.35. The molecule has 0 aliphatic heterocycles. The van der Waals surface area contributed by atoms with Gasteiger partial charge in [0.2, 0.25) is 5.91 Å². The van der Waals surface area contributed by atoms with Crippen molar-refractivity contribution in [1.82, 2.24) is 9.38 Å². The molecular weight excluding hydrogens is 344 g/mol. The topological polar surface area (TPSA) is 46.4 Å². The number of carbonyl (C=O) groups is 1. The van der Waals surface area contributed by atoms with Crippen molar-refractivity contribution in [3.8, 4) is 11.1 Å². The number of rotatable bonds is 4. The molecule has 1 fully saturated rings. The van der Waals surface area contributed by atoms with Crippen LogP contribution in [0.4, 0.5) is 14.6 Å². The van der Waals surface area contributed by atoms with Crippen molar-refractivity contribution in [2.45, 2.75) is 17.5 Å². The first kappa shape index (κ1) is 16.1. The van der Waals surface area contributed by atoms with Crippen LogP contribution in [0.3, 0.4) is 0 Å². The normalized spacial score (nSPS) is 19.2. The van der Waals surface area contributed by atoms with Gasteiger partial charge in [0.25, 0.3) is 0 Å². The standard InChI is InChI=1S/C18H15F2N3OS/c1-25-17-11(3-2-4-13(17)19)10-5-6-16-21-15(9-23(16)8-10)22-18(24)12-7-14(12)20/h2-6,8-9,12,14H,7H2,1H3,(H,22,24). The number of aromatic nitrogens is 2. The molecule has 4 rings (SSSR count). The zero-order valence-electron chi connectivity index (χ0n) is 13.4. The molecule has 25 heavy (non-hydrogen) atoms. The average Bonchev–Trinajstić information content (AvgIpc) is 3.19. The lowest BCUT2D eigenvalue weighted by molar-refractivity contribution is -0.117. The molecule has 1 aromatic carbocycles. The Balaban J connectivity index is 1.67. The summed E-state index contributed by atoms with van der Waals surface area (Å²) in [6, 6.07) is 8.64. The van der Waals surface area contributed by atoms with Crippen LogP contribution in [-0.4, -0.2) is 27.7 Å². The number of pyridine rings is 1. The van der Waals surface area contributed by atoms with Crippen LogP contribution in [0.25, 0.3) is 16.8 Å². The molecule has 128 valence electrons. The average molecular weight is 359 g/mol. The Morgan fingerprint density at radius 2 is 2.12 bits per heavy atom. The molecular formula is C18H15F2N3OS. The first-order chi connectivity index (χ1) is 12.1. The number of alkyl halides is 1. The first-order valence-electron chi connectivity index (χ1n) is 7.83. The number of imidazole rings is 1. The SMILES string of the molecule is CSc1c(F)cccc1-c1ccc2nc(NC(=O)C3CC3F)cn2c1. The van der Waals surface area contributed by atoms with Crippen molar-refractivity contribution in [1.29, 1.82) is 0 Å². The van der Waals surface area contributed by atoms with Gasteiger partial charge in [-0.3, -0.25) is 4.79 Å². The van der Waals surface area contributed by atoms with Gasteiger partial charge in [0.1, 0.15) is 17.6 Å². The number of benzene rings is 1. The third-order valence-corrected chi connectivity index (χ3v) is 5.06. The fourth-order valence-electron chi connectivity index (χ4n) is 2.81. The van der Waals surface area contributed by atoms with E-state index < -0.39 is 12.1 Å². The Labute approximate surface area is 147 Å². The van der Waals surface area contributed by atoms with Crippen LogP contribution in [0.1, 0.15) is 6.42 Å². The summed E-state index contributed by atoms with van der Waals surface area (Å²) in [4.78, 5) is 16.7. The second-order valence-electron chi connectivity index (χ2n) is 5.98. The van der Waals surface area contributed by atoms with E-state index in [9.17, 15) is 13.6 Å². The number of hydrogen-bond donors (Lipinski definition) is 1. The zero-order chi connectivity index (χ0) is 17.6. The van der Waals surface area contributed by atoms with Crippen LogP contribution < -0.4 is 5.32 Å². The molecule has 4 nitrogen and oxygen atoms in total. The third-order valence-electron chi connectivity index (χ3n) is 4.23. The number of anilines is 1. The maximum Gasteiger partial charge on any atom is 0.231 e. The summed E-state index contributed by atoms with van der Waals surface area (Å²) in [5.74, 6) is -0.776. The molecule has 2 heterocycles. The minimum Gasteiger partial charge on any atom is -0.309 e. The van der Waals surface area contributed by atoms with Crippen molar-refractivity contribution in [3.05, 3.63) is 48.5 Å². The number of halogens is 2. The second kappa shape index (κ2) is 6.15. The van der Waals surface area contributed by atoms with Crippen molar-refractivity contribution in [2.75, 3.05) is 11.6 Å². The lowest BCUT2D eigenvalue weighted by Gasteiger charge is -2.08.